The average molecular weight is 300 g/mol. The zero-order valence-corrected chi connectivity index (χ0v) is 11.7. The second kappa shape index (κ2) is 7.49. The molecule has 0 radical (unpaired) electrons. The summed E-state index contributed by atoms with van der Waals surface area (Å²) in [6, 6.07) is -1.84. The molecular formula is C12H16N2O5S. The van der Waals surface area contributed by atoms with Crippen LogP contribution in [0.4, 0.5) is 4.79 Å². The van der Waals surface area contributed by atoms with Crippen LogP contribution in [0.25, 0.3) is 0 Å². The number of thiophene rings is 1. The molecule has 0 bridgehead atoms. The molecule has 0 aliphatic carbocycles. The number of rotatable bonds is 7. The van der Waals surface area contributed by atoms with Crippen LogP contribution >= 0.6 is 11.3 Å². The molecule has 0 unspecified atom stereocenters. The monoisotopic (exact) mass is 300 g/mol. The molecule has 0 fully saturated rings. The van der Waals surface area contributed by atoms with Gasteiger partial charge in [-0.15, -0.1) is 0 Å². The van der Waals surface area contributed by atoms with Crippen LogP contribution < -0.4 is 10.6 Å². The SMILES string of the molecule is Cc1cscc1CNC(=O)N[C@@H](CCC(=O)O)C(=O)O. The Kier molecular flexibility index (Phi) is 5.98. The van der Waals surface area contributed by atoms with Gasteiger partial charge in [-0.1, -0.05) is 0 Å². The van der Waals surface area contributed by atoms with Gasteiger partial charge >= 0.3 is 18.0 Å². The molecule has 0 aliphatic heterocycles. The highest BCUT2D eigenvalue weighted by Crippen LogP contribution is 2.12. The highest BCUT2D eigenvalue weighted by molar-refractivity contribution is 7.08. The summed E-state index contributed by atoms with van der Waals surface area (Å²) in [5.74, 6) is -2.36. The van der Waals surface area contributed by atoms with E-state index >= 15 is 0 Å². The van der Waals surface area contributed by atoms with Gasteiger partial charge in [0.25, 0.3) is 0 Å². The molecule has 1 atom stereocenters. The highest BCUT2D eigenvalue weighted by atomic mass is 32.1. The molecule has 1 aromatic heterocycles. The standard InChI is InChI=1S/C12H16N2O5S/c1-7-5-20-6-8(7)4-13-12(19)14-9(11(17)18)2-3-10(15)16/h5-6,9H,2-4H2,1H3,(H,15,16)(H,17,18)(H2,13,14,19)/t9-/m0/s1. The lowest BCUT2D eigenvalue weighted by Gasteiger charge is -2.14. The number of carboxylic acid groups (broad SMARTS) is 2. The molecule has 0 saturated carbocycles. The van der Waals surface area contributed by atoms with Crippen molar-refractivity contribution in [1.29, 1.82) is 0 Å². The Labute approximate surface area is 119 Å². The van der Waals surface area contributed by atoms with Gasteiger partial charge in [0.15, 0.2) is 0 Å². The van der Waals surface area contributed by atoms with Crippen molar-refractivity contribution < 1.29 is 24.6 Å². The maximum atomic E-state index is 11.6. The van der Waals surface area contributed by atoms with Crippen LogP contribution in [0.2, 0.25) is 0 Å². The lowest BCUT2D eigenvalue weighted by atomic mass is 10.1. The van der Waals surface area contributed by atoms with Crippen LogP contribution in [-0.2, 0) is 16.1 Å². The Balaban J connectivity index is 2.43. The van der Waals surface area contributed by atoms with E-state index in [4.69, 9.17) is 10.2 Å². The van der Waals surface area contributed by atoms with Gasteiger partial charge < -0.3 is 20.8 Å². The van der Waals surface area contributed by atoms with Gasteiger partial charge in [-0.05, 0) is 35.2 Å². The zero-order chi connectivity index (χ0) is 15.1. The molecule has 0 aromatic carbocycles. The van der Waals surface area contributed by atoms with E-state index in [1.54, 1.807) is 0 Å². The summed E-state index contributed by atoms with van der Waals surface area (Å²) in [6.45, 7) is 2.21. The summed E-state index contributed by atoms with van der Waals surface area (Å²) in [7, 11) is 0. The van der Waals surface area contributed by atoms with Crippen LogP contribution in [0.5, 0.6) is 0 Å². The van der Waals surface area contributed by atoms with Crippen molar-refractivity contribution in [2.75, 3.05) is 0 Å². The molecule has 1 rings (SSSR count). The first-order chi connectivity index (χ1) is 9.40. The third kappa shape index (κ3) is 5.27. The summed E-state index contributed by atoms with van der Waals surface area (Å²) in [5.41, 5.74) is 2.01. The first-order valence-electron chi connectivity index (χ1n) is 5.90. The number of carbonyl (C=O) groups excluding carboxylic acids is 1. The lowest BCUT2D eigenvalue weighted by molar-refractivity contribution is -0.140. The molecule has 4 N–H and O–H groups in total. The first kappa shape index (κ1) is 16.0. The molecule has 1 aromatic rings. The molecule has 20 heavy (non-hydrogen) atoms. The van der Waals surface area contributed by atoms with Crippen molar-refractivity contribution in [3.63, 3.8) is 0 Å². The van der Waals surface area contributed by atoms with E-state index in [-0.39, 0.29) is 12.8 Å². The largest absolute Gasteiger partial charge is 0.481 e. The van der Waals surface area contributed by atoms with E-state index in [1.807, 2.05) is 17.7 Å². The van der Waals surface area contributed by atoms with Crippen LogP contribution in [0.3, 0.4) is 0 Å². The van der Waals surface area contributed by atoms with Crippen LogP contribution in [-0.4, -0.2) is 34.2 Å². The van der Waals surface area contributed by atoms with Gasteiger partial charge in [-0.2, -0.15) is 11.3 Å². The van der Waals surface area contributed by atoms with Gasteiger partial charge in [0, 0.05) is 13.0 Å². The van der Waals surface area contributed by atoms with E-state index < -0.39 is 24.0 Å². The van der Waals surface area contributed by atoms with Gasteiger partial charge in [-0.25, -0.2) is 9.59 Å². The first-order valence-corrected chi connectivity index (χ1v) is 6.85. The minimum atomic E-state index is -1.26. The van der Waals surface area contributed by atoms with E-state index in [2.05, 4.69) is 10.6 Å². The molecule has 7 nitrogen and oxygen atoms in total. The molecule has 1 heterocycles. The quantitative estimate of drug-likeness (QED) is 0.603. The van der Waals surface area contributed by atoms with Gasteiger partial charge in [0.05, 0.1) is 0 Å². The topological polar surface area (TPSA) is 116 Å². The van der Waals surface area contributed by atoms with E-state index in [0.717, 1.165) is 11.1 Å². The molecule has 110 valence electrons. The van der Waals surface area contributed by atoms with Crippen molar-refractivity contribution in [3.8, 4) is 0 Å². The number of nitrogens with one attached hydrogen (secondary N) is 2. The van der Waals surface area contributed by atoms with E-state index in [9.17, 15) is 14.4 Å². The minimum Gasteiger partial charge on any atom is -0.481 e. The van der Waals surface area contributed by atoms with Crippen LogP contribution in [0, 0.1) is 6.92 Å². The summed E-state index contributed by atoms with van der Waals surface area (Å²) in [5, 5.41) is 26.0. The number of amides is 2. The maximum absolute atomic E-state index is 11.6. The Hall–Kier alpha value is -2.09. The Bertz CT molecular complexity index is 500. The number of aryl methyl sites for hydroxylation is 1. The smallest absolute Gasteiger partial charge is 0.326 e. The van der Waals surface area contributed by atoms with Crippen molar-refractivity contribution >= 4 is 29.3 Å². The predicted molar refractivity (Wildman–Crippen MR) is 72.7 cm³/mol. The van der Waals surface area contributed by atoms with E-state index in [0.29, 0.717) is 6.54 Å². The fourth-order valence-electron chi connectivity index (χ4n) is 1.48. The van der Waals surface area contributed by atoms with Gasteiger partial charge in [-0.3, -0.25) is 4.79 Å². The number of carbonyl (C=O) groups is 3. The maximum Gasteiger partial charge on any atom is 0.326 e. The van der Waals surface area contributed by atoms with Crippen molar-refractivity contribution in [3.05, 3.63) is 21.9 Å². The third-order valence-electron chi connectivity index (χ3n) is 2.65. The predicted octanol–water partition coefficient (Wildman–Crippen LogP) is 1.17. The molecular weight excluding hydrogens is 284 g/mol. The number of hydrogen-bond acceptors (Lipinski definition) is 4. The number of hydrogen-bond donors (Lipinski definition) is 4. The summed E-state index contributed by atoms with van der Waals surface area (Å²) >= 11 is 1.52. The minimum absolute atomic E-state index is 0.157. The zero-order valence-electron chi connectivity index (χ0n) is 10.9. The van der Waals surface area contributed by atoms with Crippen molar-refractivity contribution in [1.82, 2.24) is 10.6 Å². The summed E-state index contributed by atoms with van der Waals surface area (Å²) in [6.07, 6.45) is -0.476. The molecule has 0 saturated heterocycles. The molecule has 0 aliphatic rings. The highest BCUT2D eigenvalue weighted by Gasteiger charge is 2.20. The van der Waals surface area contributed by atoms with Gasteiger partial charge in [0.2, 0.25) is 0 Å². The normalized spacial score (nSPS) is 11.7. The van der Waals surface area contributed by atoms with Gasteiger partial charge in [0.1, 0.15) is 6.04 Å². The van der Waals surface area contributed by atoms with E-state index in [1.165, 1.54) is 11.3 Å². The summed E-state index contributed by atoms with van der Waals surface area (Å²) < 4.78 is 0. The number of aliphatic carboxylic acids is 2. The second-order valence-electron chi connectivity index (χ2n) is 4.23. The number of carboxylic acids is 2. The summed E-state index contributed by atoms with van der Waals surface area (Å²) in [4.78, 5) is 32.9. The second-order valence-corrected chi connectivity index (χ2v) is 4.97. The average Bonchev–Trinajstić information content (AvgIpc) is 2.77. The number of urea groups is 1. The fraction of sp³-hybridized carbons (Fsp3) is 0.417. The molecule has 2 amide bonds. The lowest BCUT2D eigenvalue weighted by Crippen LogP contribution is -2.46. The Morgan fingerprint density at radius 1 is 1.30 bits per heavy atom. The Morgan fingerprint density at radius 2 is 2.00 bits per heavy atom. The third-order valence-corrected chi connectivity index (χ3v) is 3.56. The molecule has 8 heteroatoms. The van der Waals surface area contributed by atoms with Crippen LogP contribution in [0.1, 0.15) is 24.0 Å². The fourth-order valence-corrected chi connectivity index (χ4v) is 2.33. The van der Waals surface area contributed by atoms with Crippen molar-refractivity contribution in [2.24, 2.45) is 0 Å². The van der Waals surface area contributed by atoms with Crippen molar-refractivity contribution in [2.45, 2.75) is 32.4 Å². The molecule has 0 spiro atoms. The Morgan fingerprint density at radius 3 is 2.50 bits per heavy atom. The van der Waals surface area contributed by atoms with Crippen LogP contribution in [0.15, 0.2) is 10.8 Å².